The lowest BCUT2D eigenvalue weighted by Crippen LogP contribution is -2.31. The summed E-state index contributed by atoms with van der Waals surface area (Å²) in [5.74, 6) is 0.748. The van der Waals surface area contributed by atoms with Gasteiger partial charge in [0.05, 0.1) is 11.1 Å². The summed E-state index contributed by atoms with van der Waals surface area (Å²) in [5.41, 5.74) is 6.14. The van der Waals surface area contributed by atoms with Crippen LogP contribution in [0.25, 0.3) is 0 Å². The Morgan fingerprint density at radius 2 is 2.12 bits per heavy atom. The quantitative estimate of drug-likeness (QED) is 0.805. The molecule has 1 heterocycles. The van der Waals surface area contributed by atoms with E-state index in [9.17, 15) is 0 Å². The molecule has 2 nitrogen and oxygen atoms in total. The molecule has 0 aromatic heterocycles. The molecule has 16 heavy (non-hydrogen) atoms. The van der Waals surface area contributed by atoms with E-state index in [1.54, 1.807) is 0 Å². The molecule has 0 bridgehead atoms. The summed E-state index contributed by atoms with van der Waals surface area (Å²) >= 11 is 2.04. The van der Waals surface area contributed by atoms with Crippen molar-refractivity contribution < 1.29 is 0 Å². The molecule has 0 spiro atoms. The average Bonchev–Trinajstić information content (AvgIpc) is 2.55. The highest BCUT2D eigenvalue weighted by Crippen LogP contribution is 2.41. The average molecular weight is 240 g/mol. The van der Waals surface area contributed by atoms with Gasteiger partial charge in [0.2, 0.25) is 0 Å². The molecule has 1 saturated carbocycles. The van der Waals surface area contributed by atoms with Crippen molar-refractivity contribution in [2.45, 2.75) is 57.7 Å². The Kier molecular flexibility index (Phi) is 3.65. The monoisotopic (exact) mass is 240 g/mol. The Morgan fingerprint density at radius 3 is 2.75 bits per heavy atom. The van der Waals surface area contributed by atoms with Crippen LogP contribution in [0, 0.1) is 11.3 Å². The van der Waals surface area contributed by atoms with E-state index in [-0.39, 0.29) is 0 Å². The van der Waals surface area contributed by atoms with Crippen molar-refractivity contribution in [3.05, 3.63) is 0 Å². The molecule has 1 aliphatic heterocycles. The smallest absolute Gasteiger partial charge is 0.0688 e. The first-order chi connectivity index (χ1) is 7.48. The van der Waals surface area contributed by atoms with Crippen molar-refractivity contribution in [2.75, 3.05) is 6.54 Å². The van der Waals surface area contributed by atoms with Crippen molar-refractivity contribution >= 4 is 16.8 Å². The van der Waals surface area contributed by atoms with Crippen LogP contribution in [0.5, 0.6) is 0 Å². The summed E-state index contributed by atoms with van der Waals surface area (Å²) < 4.78 is 0. The lowest BCUT2D eigenvalue weighted by Gasteiger charge is -2.28. The molecule has 92 valence electrons. The molecular weight excluding hydrogens is 216 g/mol. The van der Waals surface area contributed by atoms with Gasteiger partial charge in [-0.1, -0.05) is 20.8 Å². The van der Waals surface area contributed by atoms with E-state index in [1.807, 2.05) is 11.8 Å². The number of hydrogen-bond acceptors (Lipinski definition) is 3. The summed E-state index contributed by atoms with van der Waals surface area (Å²) in [6.07, 6.45) is 4.96. The van der Waals surface area contributed by atoms with Crippen LogP contribution in [0.15, 0.2) is 4.99 Å². The molecule has 3 heteroatoms. The normalized spacial score (nSPS) is 34.8. The molecule has 1 aliphatic carbocycles. The first-order valence-electron chi connectivity index (χ1n) is 6.41. The molecule has 3 unspecified atom stereocenters. The van der Waals surface area contributed by atoms with Crippen molar-refractivity contribution in [1.29, 1.82) is 0 Å². The third kappa shape index (κ3) is 3.01. The van der Waals surface area contributed by atoms with Gasteiger partial charge in [0.1, 0.15) is 0 Å². The highest BCUT2D eigenvalue weighted by Gasteiger charge is 2.36. The molecule has 0 aromatic carbocycles. The molecule has 2 N–H and O–H groups in total. The molecule has 2 aliphatic rings. The Labute approximate surface area is 103 Å². The van der Waals surface area contributed by atoms with E-state index in [1.165, 1.54) is 24.3 Å². The molecule has 3 atom stereocenters. The van der Waals surface area contributed by atoms with Crippen LogP contribution in [-0.2, 0) is 0 Å². The largest absolute Gasteiger partial charge is 0.330 e. The SMILES string of the molecule is CC(C)(C)CC1=NC2CCC(CN)CC2S1. The second-order valence-corrected chi connectivity index (χ2v) is 7.71. The first-order valence-corrected chi connectivity index (χ1v) is 7.29. The number of nitrogens with zero attached hydrogens (tertiary/aromatic N) is 1. The highest BCUT2D eigenvalue weighted by molar-refractivity contribution is 8.14. The highest BCUT2D eigenvalue weighted by atomic mass is 32.2. The minimum Gasteiger partial charge on any atom is -0.330 e. The molecule has 0 amide bonds. The van der Waals surface area contributed by atoms with Crippen LogP contribution in [0.3, 0.4) is 0 Å². The Balaban J connectivity index is 1.93. The van der Waals surface area contributed by atoms with Crippen molar-refractivity contribution in [3.8, 4) is 0 Å². The van der Waals surface area contributed by atoms with E-state index in [2.05, 4.69) is 20.8 Å². The first kappa shape index (κ1) is 12.4. The standard InChI is InChI=1S/C13H24N2S/c1-13(2,3)7-12-15-10-5-4-9(8-14)6-11(10)16-12/h9-11H,4-8,14H2,1-3H3. The van der Waals surface area contributed by atoms with Crippen LogP contribution < -0.4 is 5.73 Å². The van der Waals surface area contributed by atoms with Gasteiger partial charge in [-0.25, -0.2) is 0 Å². The van der Waals surface area contributed by atoms with Crippen LogP contribution in [0.1, 0.15) is 46.5 Å². The van der Waals surface area contributed by atoms with E-state index in [0.717, 1.165) is 24.1 Å². The third-order valence-corrected chi connectivity index (χ3v) is 4.81. The maximum atomic E-state index is 5.78. The van der Waals surface area contributed by atoms with Gasteiger partial charge >= 0.3 is 0 Å². The second kappa shape index (κ2) is 4.69. The number of thioether (sulfide) groups is 1. The molecule has 2 rings (SSSR count). The van der Waals surface area contributed by atoms with Gasteiger partial charge in [-0.15, -0.1) is 11.8 Å². The molecule has 0 saturated heterocycles. The maximum Gasteiger partial charge on any atom is 0.0688 e. The fraction of sp³-hybridized carbons (Fsp3) is 0.923. The van der Waals surface area contributed by atoms with Crippen LogP contribution in [-0.4, -0.2) is 22.9 Å². The molecular formula is C13H24N2S. The van der Waals surface area contributed by atoms with Gasteiger partial charge in [-0.05, 0) is 37.1 Å². The second-order valence-electron chi connectivity index (χ2n) is 6.40. The third-order valence-electron chi connectivity index (χ3n) is 3.48. The van der Waals surface area contributed by atoms with E-state index in [0.29, 0.717) is 11.5 Å². The zero-order chi connectivity index (χ0) is 11.8. The maximum absolute atomic E-state index is 5.78. The van der Waals surface area contributed by atoms with E-state index < -0.39 is 0 Å². The molecule has 1 fully saturated rings. The summed E-state index contributed by atoms with van der Waals surface area (Å²) in [6.45, 7) is 7.74. The van der Waals surface area contributed by atoms with Gasteiger partial charge in [0.15, 0.2) is 0 Å². The van der Waals surface area contributed by atoms with Gasteiger partial charge in [-0.2, -0.15) is 0 Å². The topological polar surface area (TPSA) is 38.4 Å². The van der Waals surface area contributed by atoms with E-state index >= 15 is 0 Å². The van der Waals surface area contributed by atoms with Crippen LogP contribution in [0.4, 0.5) is 0 Å². The van der Waals surface area contributed by atoms with Crippen LogP contribution >= 0.6 is 11.8 Å². The minimum absolute atomic E-state index is 0.368. The number of fused-ring (bicyclic) bond motifs is 1. The number of rotatable bonds is 2. The van der Waals surface area contributed by atoms with Gasteiger partial charge in [-0.3, -0.25) is 4.99 Å². The number of aliphatic imine (C=N–C) groups is 1. The van der Waals surface area contributed by atoms with E-state index in [4.69, 9.17) is 10.7 Å². The Hall–Kier alpha value is -0.0200. The summed E-state index contributed by atoms with van der Waals surface area (Å²) in [4.78, 5) is 4.90. The predicted octanol–water partition coefficient (Wildman–Crippen LogP) is 3.06. The van der Waals surface area contributed by atoms with Crippen molar-refractivity contribution in [2.24, 2.45) is 22.1 Å². The van der Waals surface area contributed by atoms with Gasteiger partial charge in [0.25, 0.3) is 0 Å². The predicted molar refractivity (Wildman–Crippen MR) is 73.1 cm³/mol. The van der Waals surface area contributed by atoms with Gasteiger partial charge < -0.3 is 5.73 Å². The molecule has 0 aromatic rings. The van der Waals surface area contributed by atoms with Crippen molar-refractivity contribution in [1.82, 2.24) is 0 Å². The molecule has 0 radical (unpaired) electrons. The summed E-state index contributed by atoms with van der Waals surface area (Å²) in [5, 5.41) is 2.12. The fourth-order valence-corrected chi connectivity index (χ4v) is 4.40. The van der Waals surface area contributed by atoms with Crippen molar-refractivity contribution in [3.63, 3.8) is 0 Å². The summed E-state index contributed by atoms with van der Waals surface area (Å²) in [7, 11) is 0. The number of nitrogens with two attached hydrogens (primary N) is 1. The zero-order valence-corrected chi connectivity index (χ0v) is 11.5. The lowest BCUT2D eigenvalue weighted by atomic mass is 9.86. The fourth-order valence-electron chi connectivity index (χ4n) is 2.62. The Morgan fingerprint density at radius 1 is 1.38 bits per heavy atom. The van der Waals surface area contributed by atoms with Gasteiger partial charge in [0, 0.05) is 11.7 Å². The lowest BCUT2D eigenvalue weighted by molar-refractivity contribution is 0.346. The van der Waals surface area contributed by atoms with Crippen LogP contribution in [0.2, 0.25) is 0 Å². The zero-order valence-electron chi connectivity index (χ0n) is 10.7. The minimum atomic E-state index is 0.368. The Bertz CT molecular complexity index is 280. The summed E-state index contributed by atoms with van der Waals surface area (Å²) in [6, 6.07) is 0.602. The number of hydrogen-bond donors (Lipinski definition) is 1.